The molecule has 0 saturated carbocycles. The Labute approximate surface area is 322 Å². The molecule has 0 aliphatic carbocycles. The molecule has 3 heterocycles. The van der Waals surface area contributed by atoms with Crippen LogP contribution in [-0.2, 0) is 38.7 Å². The third kappa shape index (κ3) is 6.75. The van der Waals surface area contributed by atoms with Crippen LogP contribution in [0.4, 0.5) is 0 Å². The monoisotopic (exact) mass is 778 g/mol. The first-order valence-corrected chi connectivity index (χ1v) is 18.2. The number of fused-ring (bicyclic) bond motifs is 3. The average Bonchev–Trinajstić information content (AvgIpc) is 3.59. The molecule has 0 aliphatic heterocycles. The van der Waals surface area contributed by atoms with Gasteiger partial charge in [-0.25, -0.2) is 4.98 Å². The molecule has 5 nitrogen and oxygen atoms in total. The predicted molar refractivity (Wildman–Crippen MR) is 211 cm³/mol. The summed E-state index contributed by atoms with van der Waals surface area (Å²) in [5.41, 5.74) is 13.9. The molecule has 7 rings (SSSR count). The van der Waals surface area contributed by atoms with E-state index in [1.54, 1.807) is 0 Å². The fourth-order valence-corrected chi connectivity index (χ4v) is 7.41. The summed E-state index contributed by atoms with van der Waals surface area (Å²) in [5, 5.41) is 7.38. The van der Waals surface area contributed by atoms with Crippen LogP contribution in [0.5, 0.6) is 11.5 Å². The molecule has 0 radical (unpaired) electrons. The number of rotatable bonds is 8. The standard InChI is InChI=1S/C46H48N4O.Pd/c1-11-32-21-29(5)22-33(12-2)45(32)44-30(6)48-50(31(44)7)36-23-34(28(3)4)24-38(26-36)51-37-17-18-40-39-15-13-14-16-41(39)49(42(40)27-37)43-25-35(19-20-47-43)46(8,9)10;/h13-25,28H,11-12H2,1-10H3;/q-2;+2. The minimum Gasteiger partial charge on any atom is -0.509 e. The number of aryl methyl sites for hydroxylation is 4. The molecule has 0 amide bonds. The van der Waals surface area contributed by atoms with Crippen LogP contribution in [0, 0.1) is 32.9 Å². The Morgan fingerprint density at radius 1 is 0.788 bits per heavy atom. The molecule has 6 heteroatoms. The van der Waals surface area contributed by atoms with Gasteiger partial charge in [-0.1, -0.05) is 89.9 Å². The first-order chi connectivity index (χ1) is 24.4. The van der Waals surface area contributed by atoms with E-state index >= 15 is 0 Å². The van der Waals surface area contributed by atoms with Crippen molar-refractivity contribution in [3.05, 3.63) is 130 Å². The van der Waals surface area contributed by atoms with Gasteiger partial charge >= 0.3 is 20.4 Å². The molecule has 3 aromatic heterocycles. The van der Waals surface area contributed by atoms with Crippen LogP contribution >= 0.6 is 0 Å². The Morgan fingerprint density at radius 3 is 2.17 bits per heavy atom. The molecule has 0 spiro atoms. The topological polar surface area (TPSA) is 44.9 Å². The van der Waals surface area contributed by atoms with Crippen molar-refractivity contribution in [3.8, 4) is 34.1 Å². The number of hydrogen-bond acceptors (Lipinski definition) is 3. The van der Waals surface area contributed by atoms with Crippen LogP contribution in [0.15, 0.2) is 79.0 Å². The maximum atomic E-state index is 6.67. The average molecular weight is 779 g/mol. The van der Waals surface area contributed by atoms with E-state index < -0.39 is 0 Å². The molecule has 0 atom stereocenters. The Morgan fingerprint density at radius 2 is 1.50 bits per heavy atom. The van der Waals surface area contributed by atoms with E-state index in [-0.39, 0.29) is 31.8 Å². The van der Waals surface area contributed by atoms with Gasteiger partial charge in [-0.05, 0) is 96.5 Å². The number of para-hydroxylation sites is 1. The van der Waals surface area contributed by atoms with E-state index in [2.05, 4.69) is 153 Å². The van der Waals surface area contributed by atoms with Crippen molar-refractivity contribution in [3.63, 3.8) is 0 Å². The number of hydrogen-bond donors (Lipinski definition) is 0. The molecular weight excluding hydrogens is 731 g/mol. The molecule has 0 unspecified atom stereocenters. The van der Waals surface area contributed by atoms with E-state index in [1.165, 1.54) is 33.4 Å². The maximum Gasteiger partial charge on any atom is 2.00 e. The Balaban J connectivity index is 0.00000464. The molecule has 0 aliphatic rings. The summed E-state index contributed by atoms with van der Waals surface area (Å²) in [6.07, 6.45) is 3.85. The second-order valence-electron chi connectivity index (χ2n) is 15.1. The van der Waals surface area contributed by atoms with E-state index in [0.29, 0.717) is 11.5 Å². The van der Waals surface area contributed by atoms with Gasteiger partial charge in [0.05, 0.1) is 5.69 Å². The van der Waals surface area contributed by atoms with Gasteiger partial charge in [-0.2, -0.15) is 11.2 Å². The fourth-order valence-electron chi connectivity index (χ4n) is 7.41. The zero-order valence-corrected chi connectivity index (χ0v) is 33.6. The quantitative estimate of drug-likeness (QED) is 0.114. The van der Waals surface area contributed by atoms with E-state index in [4.69, 9.17) is 14.8 Å². The van der Waals surface area contributed by atoms with Gasteiger partial charge in [0, 0.05) is 34.5 Å². The molecule has 0 N–H and O–H groups in total. The second kappa shape index (κ2) is 14.5. The molecule has 4 aromatic carbocycles. The Hall–Kier alpha value is -4.50. The van der Waals surface area contributed by atoms with Crippen molar-refractivity contribution in [2.45, 2.75) is 93.4 Å². The third-order valence-electron chi connectivity index (χ3n) is 10.1. The van der Waals surface area contributed by atoms with Gasteiger partial charge in [0.15, 0.2) is 0 Å². The second-order valence-corrected chi connectivity index (χ2v) is 15.1. The van der Waals surface area contributed by atoms with Crippen LogP contribution in [0.2, 0.25) is 0 Å². The number of benzene rings is 4. The summed E-state index contributed by atoms with van der Waals surface area (Å²) in [6, 6.07) is 33.0. The molecule has 0 fully saturated rings. The van der Waals surface area contributed by atoms with Crippen LogP contribution in [0.3, 0.4) is 0 Å². The van der Waals surface area contributed by atoms with Crippen molar-refractivity contribution < 1.29 is 25.2 Å². The third-order valence-corrected chi connectivity index (χ3v) is 10.1. The van der Waals surface area contributed by atoms with E-state index in [1.807, 2.05) is 16.9 Å². The number of aromatic nitrogens is 4. The first-order valence-electron chi connectivity index (χ1n) is 18.2. The predicted octanol–water partition coefficient (Wildman–Crippen LogP) is 11.9. The maximum absolute atomic E-state index is 6.67. The molecule has 0 saturated heterocycles. The van der Waals surface area contributed by atoms with Gasteiger partial charge in [-0.15, -0.1) is 41.3 Å². The van der Waals surface area contributed by atoms with E-state index in [0.717, 1.165) is 63.1 Å². The van der Waals surface area contributed by atoms with Crippen LogP contribution < -0.4 is 4.74 Å². The van der Waals surface area contributed by atoms with Crippen molar-refractivity contribution in [2.24, 2.45) is 0 Å². The van der Waals surface area contributed by atoms with Crippen molar-refractivity contribution in [2.75, 3.05) is 0 Å². The van der Waals surface area contributed by atoms with Crippen molar-refractivity contribution >= 4 is 21.8 Å². The number of pyridine rings is 1. The van der Waals surface area contributed by atoms with Gasteiger partial charge < -0.3 is 9.30 Å². The minimum atomic E-state index is -0.00758. The van der Waals surface area contributed by atoms with Gasteiger partial charge in [-0.3, -0.25) is 4.68 Å². The summed E-state index contributed by atoms with van der Waals surface area (Å²) < 4.78 is 10.9. The van der Waals surface area contributed by atoms with Gasteiger partial charge in [0.25, 0.3) is 0 Å². The molecule has 0 bridgehead atoms. The zero-order chi connectivity index (χ0) is 36.2. The van der Waals surface area contributed by atoms with Gasteiger partial charge in [0.2, 0.25) is 0 Å². The van der Waals surface area contributed by atoms with Crippen LogP contribution in [-0.4, -0.2) is 19.3 Å². The normalized spacial score (nSPS) is 11.8. The zero-order valence-electron chi connectivity index (χ0n) is 32.0. The number of ether oxygens (including phenoxy) is 1. The summed E-state index contributed by atoms with van der Waals surface area (Å²) >= 11 is 0. The van der Waals surface area contributed by atoms with Gasteiger partial charge in [0.1, 0.15) is 5.82 Å². The Kier molecular flexibility index (Phi) is 10.4. The smallest absolute Gasteiger partial charge is 0.509 e. The molecule has 7 aromatic rings. The van der Waals surface area contributed by atoms with Crippen molar-refractivity contribution in [1.82, 2.24) is 19.3 Å². The SMILES string of the molecule is CCc1cc(C)cc(CC)c1-c1c(C)nn(-c2[c-]c(Oc3[c-]c4c(cc3)c3ccccc3n4-c3cc(C(C)(C)C)ccn3)cc(C(C)C)c2)c1C.[Pd+2]. The Bertz CT molecular complexity index is 2400. The summed E-state index contributed by atoms with van der Waals surface area (Å²) in [7, 11) is 0. The molecular formula is C46H48N4OPd. The summed E-state index contributed by atoms with van der Waals surface area (Å²) in [4.78, 5) is 4.84. The number of nitrogens with zero attached hydrogens (tertiary/aromatic N) is 4. The largest absolute Gasteiger partial charge is 2.00 e. The first kappa shape index (κ1) is 37.3. The fraction of sp³-hybridized carbons (Fsp3) is 0.304. The van der Waals surface area contributed by atoms with Crippen LogP contribution in [0.25, 0.3) is 44.4 Å². The van der Waals surface area contributed by atoms with Crippen molar-refractivity contribution in [1.29, 1.82) is 0 Å². The molecule has 52 heavy (non-hydrogen) atoms. The van der Waals surface area contributed by atoms with E-state index in [9.17, 15) is 0 Å². The summed E-state index contributed by atoms with van der Waals surface area (Å²) in [6.45, 7) is 22.1. The summed E-state index contributed by atoms with van der Waals surface area (Å²) in [5.74, 6) is 2.40. The van der Waals surface area contributed by atoms with Crippen LogP contribution in [0.1, 0.15) is 93.6 Å². The molecule has 268 valence electrons. The minimum absolute atomic E-state index is 0.